The van der Waals surface area contributed by atoms with Crippen LogP contribution >= 0.6 is 22.6 Å². The largest absolute Gasteiger partial charge is 0.508 e. The lowest BCUT2D eigenvalue weighted by atomic mass is 9.78. The van der Waals surface area contributed by atoms with Gasteiger partial charge in [0.2, 0.25) is 5.91 Å². The molecule has 1 amide bonds. The number of benzene rings is 2. The number of aromatic hydroxyl groups is 1. The van der Waals surface area contributed by atoms with Gasteiger partial charge in [-0.1, -0.05) is 32.1 Å². The Morgan fingerprint density at radius 1 is 1.30 bits per heavy atom. The molecule has 0 heterocycles. The first-order valence-electron chi connectivity index (χ1n) is 8.69. The fourth-order valence-electron chi connectivity index (χ4n) is 2.73. The number of allylic oxidation sites excluding steroid dienone is 1. The molecule has 0 aromatic heterocycles. The molecule has 0 bridgehead atoms. The van der Waals surface area contributed by atoms with Crippen molar-refractivity contribution in [2.24, 2.45) is 5.41 Å². The van der Waals surface area contributed by atoms with Crippen LogP contribution in [0.15, 0.2) is 54.6 Å². The van der Waals surface area contributed by atoms with Crippen molar-refractivity contribution in [3.8, 4) is 5.75 Å². The Labute approximate surface area is 173 Å². The van der Waals surface area contributed by atoms with Crippen LogP contribution in [0.4, 0.5) is 11.4 Å². The van der Waals surface area contributed by atoms with Crippen molar-refractivity contribution in [2.75, 3.05) is 11.1 Å². The number of anilines is 2. The third kappa shape index (κ3) is 5.97. The maximum atomic E-state index is 12.0. The third-order valence-corrected chi connectivity index (χ3v) is 5.14. The van der Waals surface area contributed by atoms with E-state index < -0.39 is 11.5 Å². The molecule has 144 valence electrons. The second-order valence-corrected chi connectivity index (χ2v) is 8.36. The molecule has 2 aromatic rings. The van der Waals surface area contributed by atoms with Crippen LogP contribution in [0.2, 0.25) is 0 Å². The Balaban J connectivity index is 1.92. The van der Waals surface area contributed by atoms with Gasteiger partial charge in [-0.05, 0) is 77.3 Å². The SMILES string of the molecule is CC(C)(CC/C=C/C(=O)Nc1ccccc1N)[C@H](O)c1cc(I)ccc1O. The number of halogens is 1. The quantitative estimate of drug-likeness (QED) is 0.264. The molecule has 0 fully saturated rings. The van der Waals surface area contributed by atoms with E-state index in [2.05, 4.69) is 27.9 Å². The van der Waals surface area contributed by atoms with Gasteiger partial charge in [-0.25, -0.2) is 0 Å². The lowest BCUT2D eigenvalue weighted by Gasteiger charge is -2.31. The van der Waals surface area contributed by atoms with Gasteiger partial charge < -0.3 is 21.3 Å². The summed E-state index contributed by atoms with van der Waals surface area (Å²) >= 11 is 2.15. The predicted octanol–water partition coefficient (Wildman–Crippen LogP) is 4.61. The van der Waals surface area contributed by atoms with Crippen LogP contribution in [0.5, 0.6) is 5.75 Å². The van der Waals surface area contributed by atoms with Crippen LogP contribution in [-0.2, 0) is 4.79 Å². The highest BCUT2D eigenvalue weighted by molar-refractivity contribution is 14.1. The molecule has 0 saturated carbocycles. The number of rotatable bonds is 7. The molecule has 0 aliphatic carbocycles. The monoisotopic (exact) mass is 480 g/mol. The second-order valence-electron chi connectivity index (χ2n) is 7.11. The highest BCUT2D eigenvalue weighted by atomic mass is 127. The molecular formula is C21H25IN2O3. The standard InChI is InChI=1S/C21H25IN2O3/c1-21(2,20(27)15-13-14(22)10-11-18(15)25)12-6-5-9-19(26)24-17-8-4-3-7-16(17)23/h3-5,7-11,13,20,25,27H,6,12,23H2,1-2H3,(H,24,26)/b9-5+/t20-/m1/s1. The molecule has 1 atom stereocenters. The maximum Gasteiger partial charge on any atom is 0.248 e. The lowest BCUT2D eigenvalue weighted by molar-refractivity contribution is -0.111. The second kappa shape index (κ2) is 9.23. The van der Waals surface area contributed by atoms with Crippen molar-refractivity contribution in [1.82, 2.24) is 0 Å². The Kier molecular flexibility index (Phi) is 7.26. The summed E-state index contributed by atoms with van der Waals surface area (Å²) in [5.41, 5.74) is 6.96. The fraction of sp³-hybridized carbons (Fsp3) is 0.286. The maximum absolute atomic E-state index is 12.0. The number of nitrogen functional groups attached to an aromatic ring is 1. The summed E-state index contributed by atoms with van der Waals surface area (Å²) < 4.78 is 0.951. The number of para-hydroxylation sites is 2. The Hall–Kier alpha value is -2.06. The number of phenols is 1. The zero-order chi connectivity index (χ0) is 20.0. The van der Waals surface area contributed by atoms with E-state index in [0.717, 1.165) is 3.57 Å². The number of nitrogens with one attached hydrogen (secondary N) is 1. The fourth-order valence-corrected chi connectivity index (χ4v) is 3.25. The average molecular weight is 480 g/mol. The normalized spacial score (nSPS) is 12.9. The van der Waals surface area contributed by atoms with E-state index in [4.69, 9.17) is 5.73 Å². The molecule has 0 spiro atoms. The summed E-state index contributed by atoms with van der Waals surface area (Å²) in [6.45, 7) is 3.88. The van der Waals surface area contributed by atoms with Gasteiger partial charge in [0.25, 0.3) is 0 Å². The van der Waals surface area contributed by atoms with Gasteiger partial charge in [0.1, 0.15) is 5.75 Å². The molecule has 27 heavy (non-hydrogen) atoms. The molecule has 0 unspecified atom stereocenters. The Morgan fingerprint density at radius 2 is 2.00 bits per heavy atom. The molecule has 5 nitrogen and oxygen atoms in total. The first-order chi connectivity index (χ1) is 12.7. The minimum atomic E-state index is -0.807. The van der Waals surface area contributed by atoms with Crippen molar-refractivity contribution in [3.63, 3.8) is 0 Å². The molecule has 0 radical (unpaired) electrons. The van der Waals surface area contributed by atoms with E-state index in [-0.39, 0.29) is 11.7 Å². The lowest BCUT2D eigenvalue weighted by Crippen LogP contribution is -2.22. The third-order valence-electron chi connectivity index (χ3n) is 4.47. The summed E-state index contributed by atoms with van der Waals surface area (Å²) in [6.07, 6.45) is 3.71. The molecule has 0 saturated heterocycles. The number of hydrogen-bond acceptors (Lipinski definition) is 4. The molecule has 0 aliphatic rings. The minimum absolute atomic E-state index is 0.0892. The smallest absolute Gasteiger partial charge is 0.248 e. The van der Waals surface area contributed by atoms with Gasteiger partial charge in [-0.15, -0.1) is 0 Å². The van der Waals surface area contributed by atoms with Gasteiger partial charge >= 0.3 is 0 Å². The van der Waals surface area contributed by atoms with E-state index in [1.54, 1.807) is 48.5 Å². The highest BCUT2D eigenvalue weighted by Gasteiger charge is 2.30. The number of phenolic OH excluding ortho intramolecular Hbond substituents is 1. The minimum Gasteiger partial charge on any atom is -0.508 e. The molecular weight excluding hydrogens is 455 g/mol. The molecule has 2 rings (SSSR count). The van der Waals surface area contributed by atoms with Crippen molar-refractivity contribution >= 4 is 39.9 Å². The summed E-state index contributed by atoms with van der Waals surface area (Å²) in [7, 11) is 0. The van der Waals surface area contributed by atoms with E-state index >= 15 is 0 Å². The summed E-state index contributed by atoms with van der Waals surface area (Å²) in [6, 6.07) is 12.3. The van der Waals surface area contributed by atoms with E-state index in [9.17, 15) is 15.0 Å². The number of aliphatic hydroxyl groups excluding tert-OH is 1. The number of amides is 1. The van der Waals surface area contributed by atoms with Gasteiger partial charge in [0, 0.05) is 9.13 Å². The first kappa shape index (κ1) is 21.2. The van der Waals surface area contributed by atoms with Gasteiger partial charge in [-0.2, -0.15) is 0 Å². The Bertz CT molecular complexity index is 834. The zero-order valence-corrected chi connectivity index (χ0v) is 17.6. The average Bonchev–Trinajstić information content (AvgIpc) is 2.62. The van der Waals surface area contributed by atoms with Crippen LogP contribution in [-0.4, -0.2) is 16.1 Å². The van der Waals surface area contributed by atoms with Gasteiger partial charge in [0.05, 0.1) is 17.5 Å². The topological polar surface area (TPSA) is 95.6 Å². The molecule has 0 aliphatic heterocycles. The molecule has 5 N–H and O–H groups in total. The van der Waals surface area contributed by atoms with Crippen LogP contribution in [0.1, 0.15) is 38.4 Å². The van der Waals surface area contributed by atoms with Crippen molar-refractivity contribution in [2.45, 2.75) is 32.8 Å². The molecule has 6 heteroatoms. The van der Waals surface area contributed by atoms with Gasteiger partial charge in [-0.3, -0.25) is 4.79 Å². The summed E-state index contributed by atoms with van der Waals surface area (Å²) in [4.78, 5) is 12.0. The zero-order valence-electron chi connectivity index (χ0n) is 15.4. The number of carbonyl (C=O) groups is 1. The van der Waals surface area contributed by atoms with Crippen molar-refractivity contribution in [3.05, 3.63) is 63.8 Å². The van der Waals surface area contributed by atoms with E-state index in [0.29, 0.717) is 29.8 Å². The van der Waals surface area contributed by atoms with Crippen molar-refractivity contribution < 1.29 is 15.0 Å². The van der Waals surface area contributed by atoms with Crippen LogP contribution in [0, 0.1) is 8.99 Å². The highest BCUT2D eigenvalue weighted by Crippen LogP contribution is 2.41. The van der Waals surface area contributed by atoms with Crippen LogP contribution in [0.3, 0.4) is 0 Å². The van der Waals surface area contributed by atoms with Crippen LogP contribution < -0.4 is 11.1 Å². The summed E-state index contributed by atoms with van der Waals surface area (Å²) in [5, 5.41) is 23.5. The molecule has 2 aromatic carbocycles. The van der Waals surface area contributed by atoms with Gasteiger partial charge in [0.15, 0.2) is 0 Å². The number of carbonyl (C=O) groups excluding carboxylic acids is 1. The van der Waals surface area contributed by atoms with E-state index in [1.165, 1.54) is 6.08 Å². The number of aliphatic hydroxyl groups is 1. The van der Waals surface area contributed by atoms with Crippen molar-refractivity contribution in [1.29, 1.82) is 0 Å². The first-order valence-corrected chi connectivity index (χ1v) is 9.77. The number of hydrogen-bond donors (Lipinski definition) is 4. The summed E-state index contributed by atoms with van der Waals surface area (Å²) in [5.74, 6) is -0.159. The Morgan fingerprint density at radius 3 is 2.70 bits per heavy atom. The predicted molar refractivity (Wildman–Crippen MR) is 117 cm³/mol. The van der Waals surface area contributed by atoms with Crippen LogP contribution in [0.25, 0.3) is 0 Å². The number of nitrogens with two attached hydrogens (primary N) is 1. The van der Waals surface area contributed by atoms with E-state index in [1.807, 2.05) is 13.8 Å².